The monoisotopic (exact) mass is 295 g/mol. The molecule has 0 saturated heterocycles. The standard InChI is InChI=1S/C13H14FN3O2S/c1-6(3-7(2)18)15-12(19)9-4-8(14)5-10-11(9)17-13(20)16-10/h4-6H,3H2,1-2H3,(H,15,19)(H2,16,17,20). The van der Waals surface area contributed by atoms with Crippen LogP contribution in [0, 0.1) is 10.6 Å². The second-order valence-corrected chi connectivity index (χ2v) is 5.14. The second-order valence-electron chi connectivity index (χ2n) is 4.74. The molecule has 1 heterocycles. The quantitative estimate of drug-likeness (QED) is 0.758. The summed E-state index contributed by atoms with van der Waals surface area (Å²) in [6, 6.07) is 2.08. The molecule has 0 aliphatic rings. The lowest BCUT2D eigenvalue weighted by Crippen LogP contribution is -2.34. The van der Waals surface area contributed by atoms with E-state index in [0.29, 0.717) is 15.8 Å². The van der Waals surface area contributed by atoms with E-state index >= 15 is 0 Å². The van der Waals surface area contributed by atoms with Gasteiger partial charge in [-0.15, -0.1) is 0 Å². The van der Waals surface area contributed by atoms with Crippen LogP contribution in [0.25, 0.3) is 11.0 Å². The number of H-pyrrole nitrogens is 2. The summed E-state index contributed by atoms with van der Waals surface area (Å²) >= 11 is 4.94. The number of hydrogen-bond donors (Lipinski definition) is 3. The van der Waals surface area contributed by atoms with E-state index in [1.54, 1.807) is 6.92 Å². The predicted octanol–water partition coefficient (Wildman–Crippen LogP) is 2.46. The molecule has 1 unspecified atom stereocenters. The highest BCUT2D eigenvalue weighted by molar-refractivity contribution is 7.71. The van der Waals surface area contributed by atoms with E-state index in [1.807, 2.05) is 0 Å². The molecule has 2 aromatic rings. The number of imidazole rings is 1. The van der Waals surface area contributed by atoms with E-state index in [1.165, 1.54) is 13.0 Å². The molecule has 20 heavy (non-hydrogen) atoms. The third-order valence-electron chi connectivity index (χ3n) is 2.81. The minimum absolute atomic E-state index is 0.0248. The van der Waals surface area contributed by atoms with Crippen molar-refractivity contribution in [2.45, 2.75) is 26.3 Å². The summed E-state index contributed by atoms with van der Waals surface area (Å²) in [7, 11) is 0. The number of hydrogen-bond acceptors (Lipinski definition) is 3. The number of ketones is 1. The molecule has 3 N–H and O–H groups in total. The van der Waals surface area contributed by atoms with Crippen molar-refractivity contribution in [2.75, 3.05) is 0 Å². The van der Waals surface area contributed by atoms with E-state index in [-0.39, 0.29) is 23.8 Å². The number of nitrogens with one attached hydrogen (secondary N) is 3. The first kappa shape index (κ1) is 14.4. The Hall–Kier alpha value is -2.02. The Labute approximate surface area is 119 Å². The van der Waals surface area contributed by atoms with Crippen molar-refractivity contribution >= 4 is 34.9 Å². The van der Waals surface area contributed by atoms with Gasteiger partial charge < -0.3 is 15.3 Å². The van der Waals surface area contributed by atoms with Crippen LogP contribution in [-0.4, -0.2) is 27.7 Å². The highest BCUT2D eigenvalue weighted by Crippen LogP contribution is 2.18. The third-order valence-corrected chi connectivity index (χ3v) is 3.01. The Morgan fingerprint density at radius 1 is 1.40 bits per heavy atom. The average molecular weight is 295 g/mol. The van der Waals surface area contributed by atoms with Crippen molar-refractivity contribution in [1.29, 1.82) is 0 Å². The van der Waals surface area contributed by atoms with Gasteiger partial charge in [-0.05, 0) is 38.2 Å². The first-order chi connectivity index (χ1) is 9.36. The second kappa shape index (κ2) is 5.54. The van der Waals surface area contributed by atoms with Crippen LogP contribution in [0.5, 0.6) is 0 Å². The van der Waals surface area contributed by atoms with Gasteiger partial charge in [0.05, 0.1) is 16.6 Å². The lowest BCUT2D eigenvalue weighted by molar-refractivity contribution is -0.117. The maximum absolute atomic E-state index is 13.5. The van der Waals surface area contributed by atoms with Crippen molar-refractivity contribution < 1.29 is 14.0 Å². The molecule has 0 bridgehead atoms. The number of aromatic amines is 2. The lowest BCUT2D eigenvalue weighted by Gasteiger charge is -2.12. The zero-order valence-corrected chi connectivity index (χ0v) is 11.9. The molecule has 0 aliphatic carbocycles. The summed E-state index contributed by atoms with van der Waals surface area (Å²) in [4.78, 5) is 28.7. The fraction of sp³-hybridized carbons (Fsp3) is 0.308. The molecule has 0 spiro atoms. The number of Topliss-reactive ketones (excluding diaryl/α,β-unsaturated/α-hetero) is 1. The highest BCUT2D eigenvalue weighted by atomic mass is 32.1. The summed E-state index contributed by atoms with van der Waals surface area (Å²) in [5.74, 6) is -1.01. The summed E-state index contributed by atoms with van der Waals surface area (Å²) in [5.41, 5.74) is 1.03. The zero-order chi connectivity index (χ0) is 14.9. The summed E-state index contributed by atoms with van der Waals surface area (Å²) in [6.07, 6.45) is 0.230. The molecule has 1 atom stereocenters. The van der Waals surface area contributed by atoms with Crippen LogP contribution in [0.4, 0.5) is 4.39 Å². The van der Waals surface area contributed by atoms with Gasteiger partial charge in [0.2, 0.25) is 0 Å². The van der Waals surface area contributed by atoms with Gasteiger partial charge in [0.1, 0.15) is 11.6 Å². The number of carbonyl (C=O) groups excluding carboxylic acids is 2. The number of amides is 1. The van der Waals surface area contributed by atoms with Gasteiger partial charge >= 0.3 is 0 Å². The molecular formula is C13H14FN3O2S. The molecule has 5 nitrogen and oxygen atoms in total. The highest BCUT2D eigenvalue weighted by Gasteiger charge is 2.16. The largest absolute Gasteiger partial charge is 0.349 e. The van der Waals surface area contributed by atoms with Crippen LogP contribution in [-0.2, 0) is 4.79 Å². The van der Waals surface area contributed by atoms with Gasteiger partial charge in [0.15, 0.2) is 4.77 Å². The van der Waals surface area contributed by atoms with Gasteiger partial charge in [-0.3, -0.25) is 9.59 Å². The van der Waals surface area contributed by atoms with Gasteiger partial charge in [-0.25, -0.2) is 4.39 Å². The molecule has 7 heteroatoms. The lowest BCUT2D eigenvalue weighted by atomic mass is 10.1. The predicted molar refractivity (Wildman–Crippen MR) is 75.7 cm³/mol. The number of aromatic nitrogens is 2. The van der Waals surface area contributed by atoms with Crippen LogP contribution in [0.15, 0.2) is 12.1 Å². The van der Waals surface area contributed by atoms with E-state index in [2.05, 4.69) is 15.3 Å². The maximum atomic E-state index is 13.5. The number of rotatable bonds is 4. The molecule has 0 aliphatic heterocycles. The molecule has 1 aromatic carbocycles. The van der Waals surface area contributed by atoms with Crippen molar-refractivity contribution in [2.24, 2.45) is 0 Å². The van der Waals surface area contributed by atoms with Crippen LogP contribution in [0.3, 0.4) is 0 Å². The van der Waals surface area contributed by atoms with E-state index < -0.39 is 11.7 Å². The van der Waals surface area contributed by atoms with E-state index in [0.717, 1.165) is 6.07 Å². The zero-order valence-electron chi connectivity index (χ0n) is 11.0. The Morgan fingerprint density at radius 3 is 2.75 bits per heavy atom. The maximum Gasteiger partial charge on any atom is 0.253 e. The van der Waals surface area contributed by atoms with Crippen LogP contribution in [0.1, 0.15) is 30.6 Å². The summed E-state index contributed by atoms with van der Waals surface area (Å²) in [5, 5.41) is 2.66. The molecule has 1 amide bonds. The third kappa shape index (κ3) is 3.11. The number of fused-ring (bicyclic) bond motifs is 1. The topological polar surface area (TPSA) is 77.8 Å². The van der Waals surface area contributed by atoms with Crippen LogP contribution >= 0.6 is 12.2 Å². The van der Waals surface area contributed by atoms with Crippen molar-refractivity contribution in [3.05, 3.63) is 28.3 Å². The molecule has 106 valence electrons. The Kier molecular flexibility index (Phi) is 3.99. The number of halogens is 1. The Morgan fingerprint density at radius 2 is 2.10 bits per heavy atom. The molecule has 2 rings (SSSR count). The summed E-state index contributed by atoms with van der Waals surface area (Å²) < 4.78 is 13.8. The fourth-order valence-corrected chi connectivity index (χ4v) is 2.28. The Bertz CT molecular complexity index is 735. The average Bonchev–Trinajstić information content (AvgIpc) is 2.66. The van der Waals surface area contributed by atoms with Gasteiger partial charge in [-0.1, -0.05) is 0 Å². The number of carbonyl (C=O) groups is 2. The minimum atomic E-state index is -0.535. The van der Waals surface area contributed by atoms with Crippen LogP contribution < -0.4 is 5.32 Å². The molecule has 0 radical (unpaired) electrons. The van der Waals surface area contributed by atoms with Gasteiger partial charge in [0.25, 0.3) is 5.91 Å². The van der Waals surface area contributed by atoms with Crippen molar-refractivity contribution in [3.8, 4) is 0 Å². The normalized spacial score (nSPS) is 12.3. The number of benzene rings is 1. The van der Waals surface area contributed by atoms with Gasteiger partial charge in [0, 0.05) is 12.5 Å². The first-order valence-corrected chi connectivity index (χ1v) is 6.49. The minimum Gasteiger partial charge on any atom is -0.349 e. The molecule has 0 fully saturated rings. The smallest absolute Gasteiger partial charge is 0.253 e. The van der Waals surface area contributed by atoms with Crippen molar-refractivity contribution in [1.82, 2.24) is 15.3 Å². The van der Waals surface area contributed by atoms with E-state index in [9.17, 15) is 14.0 Å². The fourth-order valence-electron chi connectivity index (χ4n) is 2.07. The molecular weight excluding hydrogens is 281 g/mol. The van der Waals surface area contributed by atoms with E-state index in [4.69, 9.17) is 12.2 Å². The van der Waals surface area contributed by atoms with Crippen LogP contribution in [0.2, 0.25) is 0 Å². The van der Waals surface area contributed by atoms with Crippen molar-refractivity contribution in [3.63, 3.8) is 0 Å². The molecule has 0 saturated carbocycles. The SMILES string of the molecule is CC(=O)CC(C)NC(=O)c1cc(F)cc2[nH]c(=S)[nH]c12. The van der Waals surface area contributed by atoms with Gasteiger partial charge in [-0.2, -0.15) is 0 Å². The summed E-state index contributed by atoms with van der Waals surface area (Å²) in [6.45, 7) is 3.17. The Balaban J connectivity index is 2.34. The molecule has 1 aromatic heterocycles. The first-order valence-electron chi connectivity index (χ1n) is 6.08.